The minimum Gasteiger partial charge on any atom is -0.325 e. The van der Waals surface area contributed by atoms with Crippen LogP contribution in [0.5, 0.6) is 0 Å². The van der Waals surface area contributed by atoms with E-state index in [1.54, 1.807) is 18.2 Å². The summed E-state index contributed by atoms with van der Waals surface area (Å²) in [5.41, 5.74) is 1.93. The van der Waals surface area contributed by atoms with Crippen LogP contribution in [0.4, 0.5) is 10.1 Å². The van der Waals surface area contributed by atoms with E-state index in [0.717, 1.165) is 5.56 Å². The molecule has 4 nitrogen and oxygen atoms in total. The Hall–Kier alpha value is -2.69. The molecule has 2 aromatic carbocycles. The number of rotatable bonds is 3. The molecule has 2 aromatic rings. The van der Waals surface area contributed by atoms with Crippen LogP contribution < -0.4 is 5.32 Å². The van der Waals surface area contributed by atoms with Crippen LogP contribution in [-0.4, -0.2) is 23.3 Å². The zero-order chi connectivity index (χ0) is 14.8. The van der Waals surface area contributed by atoms with Crippen molar-refractivity contribution in [3.05, 3.63) is 65.5 Å². The van der Waals surface area contributed by atoms with Crippen molar-refractivity contribution >= 4 is 17.5 Å². The second-order valence-corrected chi connectivity index (χ2v) is 4.88. The van der Waals surface area contributed by atoms with E-state index in [0.29, 0.717) is 17.8 Å². The summed E-state index contributed by atoms with van der Waals surface area (Å²) in [5.74, 6) is -0.917. The van der Waals surface area contributed by atoms with Gasteiger partial charge in [-0.15, -0.1) is 0 Å². The van der Waals surface area contributed by atoms with Crippen LogP contribution in [0.15, 0.2) is 48.5 Å². The first kappa shape index (κ1) is 13.3. The highest BCUT2D eigenvalue weighted by Crippen LogP contribution is 2.22. The average molecular weight is 284 g/mol. The first-order valence-corrected chi connectivity index (χ1v) is 6.56. The number of benzene rings is 2. The van der Waals surface area contributed by atoms with Gasteiger partial charge in [0.1, 0.15) is 12.4 Å². The minimum absolute atomic E-state index is 0.0516. The smallest absolute Gasteiger partial charge is 0.254 e. The van der Waals surface area contributed by atoms with Gasteiger partial charge in [-0.05, 0) is 29.8 Å². The third-order valence-electron chi connectivity index (χ3n) is 3.34. The molecule has 2 amide bonds. The summed E-state index contributed by atoms with van der Waals surface area (Å²) < 4.78 is 13.0. The van der Waals surface area contributed by atoms with E-state index in [-0.39, 0.29) is 18.4 Å². The van der Waals surface area contributed by atoms with E-state index in [2.05, 4.69) is 5.32 Å². The normalized spacial score (nSPS) is 13.2. The standard InChI is InChI=1S/C16H13FN2O2/c17-12-5-3-6-13(8-12)18-15(20)10-19-9-11-4-1-2-7-14(11)16(19)21/h1-8H,9-10H2,(H,18,20). The van der Waals surface area contributed by atoms with Gasteiger partial charge < -0.3 is 10.2 Å². The van der Waals surface area contributed by atoms with Crippen molar-refractivity contribution in [2.24, 2.45) is 0 Å². The summed E-state index contributed by atoms with van der Waals surface area (Å²) in [5, 5.41) is 2.58. The van der Waals surface area contributed by atoms with Crippen molar-refractivity contribution in [1.29, 1.82) is 0 Å². The van der Waals surface area contributed by atoms with Gasteiger partial charge in [-0.25, -0.2) is 4.39 Å². The SMILES string of the molecule is O=C(CN1Cc2ccccc2C1=O)Nc1cccc(F)c1. The van der Waals surface area contributed by atoms with Crippen LogP contribution in [-0.2, 0) is 11.3 Å². The van der Waals surface area contributed by atoms with E-state index in [1.165, 1.54) is 23.1 Å². The molecule has 1 N–H and O–H groups in total. The highest BCUT2D eigenvalue weighted by Gasteiger charge is 2.28. The number of hydrogen-bond acceptors (Lipinski definition) is 2. The molecule has 0 unspecified atom stereocenters. The molecule has 0 radical (unpaired) electrons. The van der Waals surface area contributed by atoms with Gasteiger partial charge in [0.25, 0.3) is 5.91 Å². The molecule has 5 heteroatoms. The lowest BCUT2D eigenvalue weighted by molar-refractivity contribution is -0.116. The highest BCUT2D eigenvalue weighted by molar-refractivity contribution is 6.02. The van der Waals surface area contributed by atoms with E-state index in [9.17, 15) is 14.0 Å². The van der Waals surface area contributed by atoms with Crippen molar-refractivity contribution in [3.63, 3.8) is 0 Å². The molecule has 0 spiro atoms. The molecular weight excluding hydrogens is 271 g/mol. The van der Waals surface area contributed by atoms with Crippen LogP contribution in [0.25, 0.3) is 0 Å². The van der Waals surface area contributed by atoms with Crippen molar-refractivity contribution in [1.82, 2.24) is 4.90 Å². The molecule has 0 saturated heterocycles. The number of carbonyl (C=O) groups is 2. The van der Waals surface area contributed by atoms with Gasteiger partial charge in [0.2, 0.25) is 5.91 Å². The maximum Gasteiger partial charge on any atom is 0.254 e. The van der Waals surface area contributed by atoms with Crippen molar-refractivity contribution < 1.29 is 14.0 Å². The lowest BCUT2D eigenvalue weighted by Crippen LogP contribution is -2.33. The lowest BCUT2D eigenvalue weighted by atomic mass is 10.1. The molecule has 0 atom stereocenters. The topological polar surface area (TPSA) is 49.4 Å². The highest BCUT2D eigenvalue weighted by atomic mass is 19.1. The van der Waals surface area contributed by atoms with Gasteiger partial charge in [-0.3, -0.25) is 9.59 Å². The number of halogens is 1. The molecule has 0 bridgehead atoms. The van der Waals surface area contributed by atoms with Crippen molar-refractivity contribution in [3.8, 4) is 0 Å². The van der Waals surface area contributed by atoms with Gasteiger partial charge in [0.05, 0.1) is 0 Å². The molecule has 3 rings (SSSR count). The van der Waals surface area contributed by atoms with Gasteiger partial charge in [0.15, 0.2) is 0 Å². The first-order valence-electron chi connectivity index (χ1n) is 6.56. The number of nitrogens with zero attached hydrogens (tertiary/aromatic N) is 1. The van der Waals surface area contributed by atoms with Crippen LogP contribution in [0.3, 0.4) is 0 Å². The van der Waals surface area contributed by atoms with Crippen LogP contribution in [0.2, 0.25) is 0 Å². The number of anilines is 1. The summed E-state index contributed by atoms with van der Waals surface area (Å²) >= 11 is 0. The Kier molecular flexibility index (Phi) is 3.39. The summed E-state index contributed by atoms with van der Waals surface area (Å²) in [6, 6.07) is 12.9. The molecule has 106 valence electrons. The Morgan fingerprint density at radius 2 is 2.00 bits per heavy atom. The molecule has 0 aliphatic carbocycles. The third-order valence-corrected chi connectivity index (χ3v) is 3.34. The summed E-state index contributed by atoms with van der Waals surface area (Å²) in [7, 11) is 0. The predicted molar refractivity (Wildman–Crippen MR) is 76.2 cm³/mol. The van der Waals surface area contributed by atoms with Crippen LogP contribution in [0, 0.1) is 5.82 Å². The number of hydrogen-bond donors (Lipinski definition) is 1. The Bertz CT molecular complexity index is 715. The van der Waals surface area contributed by atoms with E-state index in [1.807, 2.05) is 12.1 Å². The maximum atomic E-state index is 13.0. The minimum atomic E-state index is -0.419. The third kappa shape index (κ3) is 2.76. The Balaban J connectivity index is 1.66. The van der Waals surface area contributed by atoms with E-state index < -0.39 is 5.82 Å². The van der Waals surface area contributed by atoms with Crippen LogP contribution in [0.1, 0.15) is 15.9 Å². The van der Waals surface area contributed by atoms with E-state index >= 15 is 0 Å². The van der Waals surface area contributed by atoms with Gasteiger partial charge in [-0.2, -0.15) is 0 Å². The van der Waals surface area contributed by atoms with Crippen molar-refractivity contribution in [2.45, 2.75) is 6.54 Å². The second kappa shape index (κ2) is 5.36. The van der Waals surface area contributed by atoms with Crippen molar-refractivity contribution in [2.75, 3.05) is 11.9 Å². The van der Waals surface area contributed by atoms with Crippen LogP contribution >= 0.6 is 0 Å². The predicted octanol–water partition coefficient (Wildman–Crippen LogP) is 2.42. The fourth-order valence-corrected chi connectivity index (χ4v) is 2.38. The number of fused-ring (bicyclic) bond motifs is 1. The number of carbonyl (C=O) groups excluding carboxylic acids is 2. The first-order chi connectivity index (χ1) is 10.1. The van der Waals surface area contributed by atoms with Gasteiger partial charge in [0, 0.05) is 17.8 Å². The monoisotopic (exact) mass is 284 g/mol. The summed E-state index contributed by atoms with van der Waals surface area (Å²) in [6.07, 6.45) is 0. The fraction of sp³-hybridized carbons (Fsp3) is 0.125. The Labute approximate surface area is 121 Å². The van der Waals surface area contributed by atoms with Gasteiger partial charge >= 0.3 is 0 Å². The summed E-state index contributed by atoms with van der Waals surface area (Å²) in [6.45, 7) is 0.371. The van der Waals surface area contributed by atoms with Gasteiger partial charge in [-0.1, -0.05) is 24.3 Å². The molecule has 0 aromatic heterocycles. The Morgan fingerprint density at radius 3 is 2.76 bits per heavy atom. The zero-order valence-electron chi connectivity index (χ0n) is 11.2. The number of nitrogens with one attached hydrogen (secondary N) is 1. The average Bonchev–Trinajstić information content (AvgIpc) is 2.76. The molecule has 1 aliphatic heterocycles. The Morgan fingerprint density at radius 1 is 1.19 bits per heavy atom. The lowest BCUT2D eigenvalue weighted by Gasteiger charge is -2.15. The zero-order valence-corrected chi connectivity index (χ0v) is 11.2. The molecule has 1 heterocycles. The number of amides is 2. The van der Waals surface area contributed by atoms with E-state index in [4.69, 9.17) is 0 Å². The second-order valence-electron chi connectivity index (χ2n) is 4.88. The molecule has 1 aliphatic rings. The molecular formula is C16H13FN2O2. The quantitative estimate of drug-likeness (QED) is 0.941. The molecule has 0 fully saturated rings. The largest absolute Gasteiger partial charge is 0.325 e. The molecule has 21 heavy (non-hydrogen) atoms. The molecule has 0 saturated carbocycles. The summed E-state index contributed by atoms with van der Waals surface area (Å²) in [4.78, 5) is 25.5. The fourth-order valence-electron chi connectivity index (χ4n) is 2.38. The maximum absolute atomic E-state index is 13.0.